The Hall–Kier alpha value is -3.56. The van der Waals surface area contributed by atoms with Crippen LogP contribution in [-0.4, -0.2) is 56.4 Å². The van der Waals surface area contributed by atoms with Crippen LogP contribution in [0.1, 0.15) is 43.6 Å². The maximum atomic E-state index is 13.4. The second-order valence-corrected chi connectivity index (χ2v) is 14.2. The number of nitrogens with one attached hydrogen (secondary N) is 1. The van der Waals surface area contributed by atoms with Gasteiger partial charge in [-0.25, -0.2) is 13.1 Å². The second-order valence-electron chi connectivity index (χ2n) is 9.52. The van der Waals surface area contributed by atoms with E-state index in [1.54, 1.807) is 17.5 Å². The van der Waals surface area contributed by atoms with E-state index in [4.69, 9.17) is 4.74 Å². The van der Waals surface area contributed by atoms with Crippen molar-refractivity contribution in [1.29, 1.82) is 0 Å². The van der Waals surface area contributed by atoms with E-state index in [1.807, 2.05) is 13.8 Å². The van der Waals surface area contributed by atoms with Crippen molar-refractivity contribution in [2.75, 3.05) is 18.2 Å². The number of sulfonamides is 1. The molecule has 0 spiro atoms. The molecule has 0 aliphatic carbocycles. The lowest BCUT2D eigenvalue weighted by atomic mass is 10.1. The van der Waals surface area contributed by atoms with Crippen LogP contribution < -0.4 is 10.9 Å². The van der Waals surface area contributed by atoms with Gasteiger partial charge < -0.3 is 15.2 Å². The van der Waals surface area contributed by atoms with Gasteiger partial charge >= 0.3 is 5.97 Å². The molecule has 2 N–H and O–H groups in total. The SMILES string of the molecule is CCOC(=O)C(c1ccc2c(c1)S(=O)(=O)N=C(c1c(O)c(-c3cccs3)nn(CCC(C)C)c1=O)N2)S(C)(=O)=O. The first kappa shape index (κ1) is 29.4. The zero-order valence-corrected chi connectivity index (χ0v) is 24.6. The summed E-state index contributed by atoms with van der Waals surface area (Å²) in [4.78, 5) is 26.0. The fraction of sp³-hybridized carbons (Fsp3) is 0.360. The average molecular weight is 609 g/mol. The van der Waals surface area contributed by atoms with E-state index in [0.29, 0.717) is 11.3 Å². The standard InChI is InChI=1S/C25H28N4O8S3/c1-5-37-25(32)22(39(4,33)34)15-8-9-16-18(13-15)40(35,36)28-23(26-16)19-21(30)20(17-7-6-12-38-17)27-29(24(19)31)11-10-14(2)3/h6-9,12-14,22,30H,5,10-11H2,1-4H3,(H,26,28). The molecule has 0 saturated heterocycles. The largest absolute Gasteiger partial charge is 0.505 e. The summed E-state index contributed by atoms with van der Waals surface area (Å²) in [5, 5.41) is 18.3. The number of hydrogen-bond donors (Lipinski definition) is 2. The number of anilines is 1. The predicted octanol–water partition coefficient (Wildman–Crippen LogP) is 2.93. The lowest BCUT2D eigenvalue weighted by Crippen LogP contribution is -2.34. The maximum Gasteiger partial charge on any atom is 0.328 e. The van der Waals surface area contributed by atoms with Gasteiger partial charge in [0.05, 0.1) is 17.2 Å². The van der Waals surface area contributed by atoms with Crippen LogP contribution >= 0.6 is 11.3 Å². The molecule has 3 heterocycles. The smallest absolute Gasteiger partial charge is 0.328 e. The topological polar surface area (TPSA) is 174 Å². The number of fused-ring (bicyclic) bond motifs is 1. The van der Waals surface area contributed by atoms with Gasteiger partial charge in [-0.15, -0.1) is 15.7 Å². The molecule has 0 saturated carbocycles. The van der Waals surface area contributed by atoms with Crippen molar-refractivity contribution in [2.24, 2.45) is 10.3 Å². The molecule has 40 heavy (non-hydrogen) atoms. The van der Waals surface area contributed by atoms with Crippen molar-refractivity contribution in [3.8, 4) is 16.3 Å². The van der Waals surface area contributed by atoms with E-state index in [9.17, 15) is 31.5 Å². The minimum Gasteiger partial charge on any atom is -0.505 e. The van der Waals surface area contributed by atoms with Gasteiger partial charge in [0.2, 0.25) is 0 Å². The Bertz CT molecular complexity index is 1760. The summed E-state index contributed by atoms with van der Waals surface area (Å²) in [5.41, 5.74) is -1.15. The summed E-state index contributed by atoms with van der Waals surface area (Å²) in [6.45, 7) is 5.63. The zero-order chi connectivity index (χ0) is 29.4. The van der Waals surface area contributed by atoms with Crippen LogP contribution in [-0.2, 0) is 35.9 Å². The zero-order valence-electron chi connectivity index (χ0n) is 22.1. The fourth-order valence-electron chi connectivity index (χ4n) is 4.11. The molecule has 3 aromatic rings. The number of sulfone groups is 1. The predicted molar refractivity (Wildman–Crippen MR) is 151 cm³/mol. The van der Waals surface area contributed by atoms with Gasteiger partial charge in [0, 0.05) is 12.8 Å². The third-order valence-electron chi connectivity index (χ3n) is 6.02. The number of thiophene rings is 1. The Balaban J connectivity index is 1.86. The molecule has 0 amide bonds. The molecule has 1 aliphatic heterocycles. The Morgan fingerprint density at radius 2 is 1.98 bits per heavy atom. The minimum atomic E-state index is -4.52. The van der Waals surface area contributed by atoms with Crippen LogP contribution in [0.3, 0.4) is 0 Å². The van der Waals surface area contributed by atoms with Crippen molar-refractivity contribution in [3.05, 3.63) is 57.2 Å². The summed E-state index contributed by atoms with van der Waals surface area (Å²) in [7, 11) is -8.54. The highest BCUT2D eigenvalue weighted by atomic mass is 32.2. The van der Waals surface area contributed by atoms with Crippen molar-refractivity contribution in [2.45, 2.75) is 43.9 Å². The number of esters is 1. The number of rotatable bonds is 9. The van der Waals surface area contributed by atoms with Crippen molar-refractivity contribution in [1.82, 2.24) is 9.78 Å². The monoisotopic (exact) mass is 608 g/mol. The minimum absolute atomic E-state index is 0.0214. The maximum absolute atomic E-state index is 13.4. The van der Waals surface area contributed by atoms with Gasteiger partial charge in [-0.1, -0.05) is 26.0 Å². The highest BCUT2D eigenvalue weighted by molar-refractivity contribution is 7.91. The number of benzene rings is 1. The molecule has 2 aromatic heterocycles. The lowest BCUT2D eigenvalue weighted by molar-refractivity contribution is -0.142. The normalized spacial score (nSPS) is 15.2. The van der Waals surface area contributed by atoms with Crippen LogP contribution in [0.15, 0.2) is 49.8 Å². The van der Waals surface area contributed by atoms with Crippen LogP contribution in [0, 0.1) is 5.92 Å². The van der Waals surface area contributed by atoms with E-state index in [1.165, 1.54) is 35.1 Å². The van der Waals surface area contributed by atoms with E-state index in [-0.39, 0.29) is 41.6 Å². The Kier molecular flexibility index (Phi) is 8.19. The molecular formula is C25H28N4O8S3. The molecule has 1 unspecified atom stereocenters. The number of carbonyl (C=O) groups excluding carboxylic acids is 1. The molecule has 214 valence electrons. The van der Waals surface area contributed by atoms with Gasteiger partial charge in [-0.2, -0.15) is 13.5 Å². The summed E-state index contributed by atoms with van der Waals surface area (Å²) < 4.78 is 61.2. The number of nitrogens with zero attached hydrogens (tertiary/aromatic N) is 3. The van der Waals surface area contributed by atoms with Gasteiger partial charge in [0.25, 0.3) is 15.6 Å². The third kappa shape index (κ3) is 5.81. The molecule has 1 atom stereocenters. The van der Waals surface area contributed by atoms with E-state index >= 15 is 0 Å². The van der Waals surface area contributed by atoms with Crippen LogP contribution in [0.25, 0.3) is 10.6 Å². The molecule has 0 bridgehead atoms. The van der Waals surface area contributed by atoms with Gasteiger partial charge in [0.15, 0.2) is 26.7 Å². The van der Waals surface area contributed by atoms with Crippen molar-refractivity contribution < 1.29 is 31.5 Å². The number of aromatic hydroxyl groups is 1. The number of carbonyl (C=O) groups is 1. The second kappa shape index (κ2) is 11.1. The first-order valence-corrected chi connectivity index (χ1v) is 16.5. The lowest BCUT2D eigenvalue weighted by Gasteiger charge is -2.22. The first-order valence-electron chi connectivity index (χ1n) is 12.2. The van der Waals surface area contributed by atoms with Crippen LogP contribution in [0.2, 0.25) is 0 Å². The Morgan fingerprint density at radius 1 is 1.25 bits per heavy atom. The first-order chi connectivity index (χ1) is 18.7. The number of amidine groups is 1. The Morgan fingerprint density at radius 3 is 2.58 bits per heavy atom. The summed E-state index contributed by atoms with van der Waals surface area (Å²) >= 11 is 1.28. The number of hydrogen-bond acceptors (Lipinski definition) is 11. The molecule has 12 nitrogen and oxygen atoms in total. The van der Waals surface area contributed by atoms with Crippen molar-refractivity contribution >= 4 is 48.7 Å². The van der Waals surface area contributed by atoms with E-state index < -0.39 is 53.1 Å². The van der Waals surface area contributed by atoms with Gasteiger partial charge in [-0.3, -0.25) is 9.59 Å². The summed E-state index contributed by atoms with van der Waals surface area (Å²) in [5.74, 6) is -1.74. The highest BCUT2D eigenvalue weighted by Crippen LogP contribution is 2.36. The fourth-order valence-corrected chi connectivity index (χ4v) is 7.04. The molecule has 15 heteroatoms. The van der Waals surface area contributed by atoms with E-state index in [2.05, 4.69) is 14.8 Å². The average Bonchev–Trinajstić information content (AvgIpc) is 3.38. The summed E-state index contributed by atoms with van der Waals surface area (Å²) in [6.07, 6.45) is 1.45. The number of aryl methyl sites for hydroxylation is 1. The number of ether oxygens (including phenoxy) is 1. The van der Waals surface area contributed by atoms with Crippen molar-refractivity contribution in [3.63, 3.8) is 0 Å². The summed E-state index contributed by atoms with van der Waals surface area (Å²) in [6, 6.07) is 7.03. The highest BCUT2D eigenvalue weighted by Gasteiger charge is 2.36. The van der Waals surface area contributed by atoms with Gasteiger partial charge in [-0.05, 0) is 48.4 Å². The molecular weight excluding hydrogens is 580 g/mol. The molecule has 4 rings (SSSR count). The Labute approximate surface area is 235 Å². The molecule has 1 aromatic carbocycles. The van der Waals surface area contributed by atoms with E-state index in [0.717, 1.165) is 12.3 Å². The third-order valence-corrected chi connectivity index (χ3v) is 9.53. The van der Waals surface area contributed by atoms with Gasteiger partial charge in [0.1, 0.15) is 16.2 Å². The van der Waals surface area contributed by atoms with Crippen LogP contribution in [0.5, 0.6) is 5.75 Å². The van der Waals surface area contributed by atoms with Crippen LogP contribution in [0.4, 0.5) is 5.69 Å². The molecule has 0 radical (unpaired) electrons. The molecule has 1 aliphatic rings. The quantitative estimate of drug-likeness (QED) is 0.344. The molecule has 0 fully saturated rings. The number of aromatic nitrogens is 2.